The Morgan fingerprint density at radius 3 is 2.80 bits per heavy atom. The lowest BCUT2D eigenvalue weighted by atomic mass is 9.91. The first-order valence-electron chi connectivity index (χ1n) is 5.66. The van der Waals surface area contributed by atoms with Crippen LogP contribution in [0.25, 0.3) is 0 Å². The maximum atomic E-state index is 11.4. The SMILES string of the molecule is CCNC1CCC(n2cn[nH]c2=O)CC1. The van der Waals surface area contributed by atoms with Crippen LogP contribution in [-0.2, 0) is 0 Å². The highest BCUT2D eigenvalue weighted by atomic mass is 16.1. The van der Waals surface area contributed by atoms with Crippen molar-refractivity contribution >= 4 is 0 Å². The minimum absolute atomic E-state index is 0.0816. The van der Waals surface area contributed by atoms with Crippen LogP contribution in [0.3, 0.4) is 0 Å². The molecule has 1 aromatic heterocycles. The first kappa shape index (κ1) is 10.4. The molecule has 0 unspecified atom stereocenters. The molecule has 1 aliphatic rings. The van der Waals surface area contributed by atoms with Gasteiger partial charge in [-0.15, -0.1) is 0 Å². The summed E-state index contributed by atoms with van der Waals surface area (Å²) in [7, 11) is 0. The number of nitrogens with zero attached hydrogens (tertiary/aromatic N) is 2. The highest BCUT2D eigenvalue weighted by Gasteiger charge is 2.22. The molecule has 0 bridgehead atoms. The molecule has 5 nitrogen and oxygen atoms in total. The molecule has 15 heavy (non-hydrogen) atoms. The Morgan fingerprint density at radius 1 is 1.53 bits per heavy atom. The Bertz CT molecular complexity index is 348. The third kappa shape index (κ3) is 2.28. The van der Waals surface area contributed by atoms with Crippen LogP contribution in [0.5, 0.6) is 0 Å². The molecular weight excluding hydrogens is 192 g/mol. The lowest BCUT2D eigenvalue weighted by Gasteiger charge is -2.28. The zero-order valence-corrected chi connectivity index (χ0v) is 9.07. The highest BCUT2D eigenvalue weighted by Crippen LogP contribution is 2.26. The third-order valence-corrected chi connectivity index (χ3v) is 3.16. The topological polar surface area (TPSA) is 62.7 Å². The molecule has 5 heteroatoms. The van der Waals surface area contributed by atoms with Gasteiger partial charge in [0.05, 0.1) is 0 Å². The Morgan fingerprint density at radius 2 is 2.27 bits per heavy atom. The molecule has 1 aromatic rings. The molecule has 84 valence electrons. The van der Waals surface area contributed by atoms with E-state index >= 15 is 0 Å². The number of rotatable bonds is 3. The maximum Gasteiger partial charge on any atom is 0.343 e. The average Bonchev–Trinajstić information content (AvgIpc) is 2.66. The fourth-order valence-corrected chi connectivity index (χ4v) is 2.36. The van der Waals surface area contributed by atoms with Crippen molar-refractivity contribution in [2.75, 3.05) is 6.54 Å². The molecule has 0 aromatic carbocycles. The second-order valence-corrected chi connectivity index (χ2v) is 4.13. The molecule has 1 saturated carbocycles. The number of nitrogens with one attached hydrogen (secondary N) is 2. The first-order chi connectivity index (χ1) is 7.31. The van der Waals surface area contributed by atoms with Gasteiger partial charge in [0.1, 0.15) is 6.33 Å². The summed E-state index contributed by atoms with van der Waals surface area (Å²) in [6.45, 7) is 3.16. The fourth-order valence-electron chi connectivity index (χ4n) is 2.36. The lowest BCUT2D eigenvalue weighted by Crippen LogP contribution is -2.35. The molecule has 0 radical (unpaired) electrons. The van der Waals surface area contributed by atoms with Crippen LogP contribution < -0.4 is 11.0 Å². The van der Waals surface area contributed by atoms with E-state index in [0.717, 1.165) is 32.2 Å². The van der Waals surface area contributed by atoms with Gasteiger partial charge in [-0.3, -0.25) is 4.57 Å². The van der Waals surface area contributed by atoms with Crippen molar-refractivity contribution in [3.63, 3.8) is 0 Å². The Labute approximate surface area is 88.9 Å². The molecule has 1 fully saturated rings. The predicted octanol–water partition coefficient (Wildman–Crippen LogP) is 0.665. The van der Waals surface area contributed by atoms with Crippen molar-refractivity contribution in [3.8, 4) is 0 Å². The third-order valence-electron chi connectivity index (χ3n) is 3.16. The normalized spacial score (nSPS) is 26.7. The van der Waals surface area contributed by atoms with Gasteiger partial charge in [0, 0.05) is 12.1 Å². The van der Waals surface area contributed by atoms with Crippen molar-refractivity contribution in [3.05, 3.63) is 16.8 Å². The Balaban J connectivity index is 1.94. The van der Waals surface area contributed by atoms with Crippen LogP contribution in [0.2, 0.25) is 0 Å². The number of aromatic nitrogens is 3. The van der Waals surface area contributed by atoms with Crippen LogP contribution in [0.15, 0.2) is 11.1 Å². The zero-order valence-electron chi connectivity index (χ0n) is 9.07. The smallest absolute Gasteiger partial charge is 0.314 e. The first-order valence-corrected chi connectivity index (χ1v) is 5.66. The summed E-state index contributed by atoms with van der Waals surface area (Å²) in [4.78, 5) is 11.4. The van der Waals surface area contributed by atoms with Crippen molar-refractivity contribution in [2.45, 2.75) is 44.7 Å². The van der Waals surface area contributed by atoms with Gasteiger partial charge in [0.25, 0.3) is 0 Å². The summed E-state index contributed by atoms with van der Waals surface area (Å²) < 4.78 is 1.72. The average molecular weight is 210 g/mol. The van der Waals surface area contributed by atoms with Gasteiger partial charge in [0.15, 0.2) is 0 Å². The fraction of sp³-hybridized carbons (Fsp3) is 0.800. The Hall–Kier alpha value is -1.10. The minimum Gasteiger partial charge on any atom is -0.314 e. The maximum absolute atomic E-state index is 11.4. The van der Waals surface area contributed by atoms with Gasteiger partial charge in [-0.2, -0.15) is 5.10 Å². The van der Waals surface area contributed by atoms with Gasteiger partial charge in [0.2, 0.25) is 0 Å². The molecule has 0 amide bonds. The standard InChI is InChI=1S/C10H18N4O/c1-2-11-8-3-5-9(6-4-8)14-7-12-13-10(14)15/h7-9,11H,2-6H2,1H3,(H,13,15). The molecular formula is C10H18N4O. The van der Waals surface area contributed by atoms with E-state index in [-0.39, 0.29) is 5.69 Å². The van der Waals surface area contributed by atoms with Crippen LogP contribution in [0.4, 0.5) is 0 Å². The molecule has 0 saturated heterocycles. The lowest BCUT2D eigenvalue weighted by molar-refractivity contribution is 0.290. The second kappa shape index (κ2) is 4.61. The summed E-state index contributed by atoms with van der Waals surface area (Å²) in [5.74, 6) is 0. The molecule has 0 spiro atoms. The molecule has 2 N–H and O–H groups in total. The second-order valence-electron chi connectivity index (χ2n) is 4.13. The van der Waals surface area contributed by atoms with Gasteiger partial charge in [-0.25, -0.2) is 9.89 Å². The van der Waals surface area contributed by atoms with Crippen molar-refractivity contribution in [1.82, 2.24) is 20.1 Å². The molecule has 1 heterocycles. The van der Waals surface area contributed by atoms with E-state index in [4.69, 9.17) is 0 Å². The van der Waals surface area contributed by atoms with Gasteiger partial charge < -0.3 is 5.32 Å². The van der Waals surface area contributed by atoms with E-state index in [1.54, 1.807) is 10.9 Å². The van der Waals surface area contributed by atoms with E-state index in [2.05, 4.69) is 22.4 Å². The molecule has 0 aliphatic heterocycles. The number of hydrogen-bond donors (Lipinski definition) is 2. The minimum atomic E-state index is -0.0816. The summed E-state index contributed by atoms with van der Waals surface area (Å²) in [5.41, 5.74) is -0.0816. The highest BCUT2D eigenvalue weighted by molar-refractivity contribution is 4.82. The van der Waals surface area contributed by atoms with E-state index in [0.29, 0.717) is 12.1 Å². The Kier molecular flexibility index (Phi) is 3.20. The van der Waals surface area contributed by atoms with Crippen LogP contribution in [0, 0.1) is 0 Å². The summed E-state index contributed by atoms with van der Waals surface area (Å²) in [5, 5.41) is 9.66. The van der Waals surface area contributed by atoms with Crippen molar-refractivity contribution in [2.24, 2.45) is 0 Å². The number of aromatic amines is 1. The zero-order chi connectivity index (χ0) is 10.7. The summed E-state index contributed by atoms with van der Waals surface area (Å²) in [6, 6.07) is 0.972. The van der Waals surface area contributed by atoms with Gasteiger partial charge >= 0.3 is 5.69 Å². The van der Waals surface area contributed by atoms with E-state index in [9.17, 15) is 4.79 Å². The molecule has 2 rings (SSSR count). The quantitative estimate of drug-likeness (QED) is 0.770. The number of hydrogen-bond acceptors (Lipinski definition) is 3. The summed E-state index contributed by atoms with van der Waals surface area (Å²) in [6.07, 6.45) is 6.04. The van der Waals surface area contributed by atoms with Crippen LogP contribution in [-0.4, -0.2) is 27.4 Å². The van der Waals surface area contributed by atoms with E-state index in [1.165, 1.54) is 0 Å². The van der Waals surface area contributed by atoms with Crippen LogP contribution >= 0.6 is 0 Å². The monoisotopic (exact) mass is 210 g/mol. The van der Waals surface area contributed by atoms with E-state index < -0.39 is 0 Å². The van der Waals surface area contributed by atoms with Crippen LogP contribution in [0.1, 0.15) is 38.6 Å². The van der Waals surface area contributed by atoms with Gasteiger partial charge in [-0.1, -0.05) is 6.92 Å². The summed E-state index contributed by atoms with van der Waals surface area (Å²) >= 11 is 0. The van der Waals surface area contributed by atoms with E-state index in [1.807, 2.05) is 0 Å². The number of H-pyrrole nitrogens is 1. The van der Waals surface area contributed by atoms with Gasteiger partial charge in [-0.05, 0) is 32.2 Å². The molecule has 1 aliphatic carbocycles. The molecule has 0 atom stereocenters. The van der Waals surface area contributed by atoms with Crippen molar-refractivity contribution in [1.29, 1.82) is 0 Å². The predicted molar refractivity (Wildman–Crippen MR) is 57.8 cm³/mol. The largest absolute Gasteiger partial charge is 0.343 e. The van der Waals surface area contributed by atoms with Crippen molar-refractivity contribution < 1.29 is 0 Å².